The van der Waals surface area contributed by atoms with Gasteiger partial charge in [-0.2, -0.15) is 11.8 Å². The molecule has 17 heavy (non-hydrogen) atoms. The Morgan fingerprint density at radius 2 is 2.29 bits per heavy atom. The van der Waals surface area contributed by atoms with E-state index >= 15 is 0 Å². The summed E-state index contributed by atoms with van der Waals surface area (Å²) in [5.41, 5.74) is 1.37. The zero-order valence-corrected chi connectivity index (χ0v) is 11.1. The van der Waals surface area contributed by atoms with Gasteiger partial charge < -0.3 is 10.4 Å². The van der Waals surface area contributed by atoms with Crippen LogP contribution in [0.15, 0.2) is 24.3 Å². The van der Waals surface area contributed by atoms with E-state index in [9.17, 15) is 4.79 Å². The maximum atomic E-state index is 10.8. The summed E-state index contributed by atoms with van der Waals surface area (Å²) in [7, 11) is 0. The summed E-state index contributed by atoms with van der Waals surface area (Å²) < 4.78 is 0. The first-order valence-electron chi connectivity index (χ1n) is 5.72. The molecule has 0 aliphatic heterocycles. The number of carboxylic acids is 1. The van der Waals surface area contributed by atoms with Gasteiger partial charge in [0.25, 0.3) is 0 Å². The van der Waals surface area contributed by atoms with Crippen molar-refractivity contribution in [3.05, 3.63) is 35.4 Å². The van der Waals surface area contributed by atoms with Crippen LogP contribution in [0, 0.1) is 0 Å². The molecule has 1 rings (SSSR count). The van der Waals surface area contributed by atoms with Gasteiger partial charge in [0.1, 0.15) is 0 Å². The molecule has 3 nitrogen and oxygen atoms in total. The lowest BCUT2D eigenvalue weighted by Crippen LogP contribution is -2.30. The minimum atomic E-state index is -0.872. The second kappa shape index (κ2) is 7.35. The summed E-state index contributed by atoms with van der Waals surface area (Å²) >= 11 is 1.82. The van der Waals surface area contributed by atoms with Gasteiger partial charge in [-0.15, -0.1) is 0 Å². The summed E-state index contributed by atoms with van der Waals surface area (Å²) in [4.78, 5) is 10.8. The number of rotatable bonds is 7. The molecule has 94 valence electrons. The van der Waals surface area contributed by atoms with Gasteiger partial charge in [0, 0.05) is 18.3 Å². The van der Waals surface area contributed by atoms with Crippen LogP contribution in [-0.4, -0.2) is 29.1 Å². The number of hydrogen-bond acceptors (Lipinski definition) is 3. The SMILES string of the molecule is CCC(CSC)NCc1cccc(C(=O)O)c1. The van der Waals surface area contributed by atoms with E-state index in [0.29, 0.717) is 11.6 Å². The number of thioether (sulfide) groups is 1. The second-order valence-electron chi connectivity index (χ2n) is 3.95. The summed E-state index contributed by atoms with van der Waals surface area (Å²) in [6, 6.07) is 7.56. The molecule has 0 spiro atoms. The quantitative estimate of drug-likeness (QED) is 0.784. The number of nitrogens with one attached hydrogen (secondary N) is 1. The number of hydrogen-bond donors (Lipinski definition) is 2. The zero-order chi connectivity index (χ0) is 12.7. The van der Waals surface area contributed by atoms with E-state index in [4.69, 9.17) is 5.11 Å². The molecule has 0 saturated carbocycles. The highest BCUT2D eigenvalue weighted by Gasteiger charge is 2.06. The normalized spacial score (nSPS) is 12.4. The highest BCUT2D eigenvalue weighted by Crippen LogP contribution is 2.07. The molecule has 0 aliphatic rings. The first-order chi connectivity index (χ1) is 8.17. The fraction of sp³-hybridized carbons (Fsp3) is 0.462. The van der Waals surface area contributed by atoms with Crippen molar-refractivity contribution in [2.75, 3.05) is 12.0 Å². The van der Waals surface area contributed by atoms with E-state index in [1.54, 1.807) is 18.2 Å². The van der Waals surface area contributed by atoms with Crippen LogP contribution < -0.4 is 5.32 Å². The lowest BCUT2D eigenvalue weighted by atomic mass is 10.1. The number of carboxylic acid groups (broad SMARTS) is 1. The molecule has 0 saturated heterocycles. The van der Waals surface area contributed by atoms with E-state index in [1.165, 1.54) is 0 Å². The predicted molar refractivity (Wildman–Crippen MR) is 72.7 cm³/mol. The second-order valence-corrected chi connectivity index (χ2v) is 4.86. The summed E-state index contributed by atoms with van der Waals surface area (Å²) in [5.74, 6) is 0.206. The Balaban J connectivity index is 2.56. The van der Waals surface area contributed by atoms with Crippen molar-refractivity contribution in [2.45, 2.75) is 25.9 Å². The molecule has 2 N–H and O–H groups in total. The molecule has 0 aromatic heterocycles. The van der Waals surface area contributed by atoms with Gasteiger partial charge in [-0.25, -0.2) is 4.79 Å². The average molecular weight is 253 g/mol. The maximum Gasteiger partial charge on any atom is 0.335 e. The van der Waals surface area contributed by atoms with Crippen molar-refractivity contribution in [2.24, 2.45) is 0 Å². The topological polar surface area (TPSA) is 49.3 Å². The summed E-state index contributed by atoms with van der Waals surface area (Å²) in [6.07, 6.45) is 3.18. The third kappa shape index (κ3) is 4.79. The molecular formula is C13H19NO2S. The highest BCUT2D eigenvalue weighted by atomic mass is 32.2. The molecule has 1 aromatic carbocycles. The van der Waals surface area contributed by atoms with Gasteiger partial charge in [-0.05, 0) is 30.4 Å². The minimum Gasteiger partial charge on any atom is -0.478 e. The van der Waals surface area contributed by atoms with Gasteiger partial charge in [0.05, 0.1) is 5.56 Å². The fourth-order valence-corrected chi connectivity index (χ4v) is 2.35. The lowest BCUT2D eigenvalue weighted by Gasteiger charge is -2.15. The van der Waals surface area contributed by atoms with Crippen LogP contribution in [0.4, 0.5) is 0 Å². The summed E-state index contributed by atoms with van der Waals surface area (Å²) in [6.45, 7) is 2.88. The van der Waals surface area contributed by atoms with Crippen LogP contribution in [0.2, 0.25) is 0 Å². The lowest BCUT2D eigenvalue weighted by molar-refractivity contribution is 0.0697. The first-order valence-corrected chi connectivity index (χ1v) is 7.11. The van der Waals surface area contributed by atoms with E-state index in [1.807, 2.05) is 17.8 Å². The Kier molecular flexibility index (Phi) is 6.08. The van der Waals surface area contributed by atoms with E-state index in [0.717, 1.165) is 24.3 Å². The van der Waals surface area contributed by atoms with Crippen molar-refractivity contribution in [3.63, 3.8) is 0 Å². The van der Waals surface area contributed by atoms with Crippen LogP contribution >= 0.6 is 11.8 Å². The Hall–Kier alpha value is -1.00. The minimum absolute atomic E-state index is 0.349. The molecular weight excluding hydrogens is 234 g/mol. The molecule has 1 aromatic rings. The molecule has 0 amide bonds. The van der Waals surface area contributed by atoms with Crippen LogP contribution in [-0.2, 0) is 6.54 Å². The highest BCUT2D eigenvalue weighted by molar-refractivity contribution is 7.98. The van der Waals surface area contributed by atoms with E-state index in [2.05, 4.69) is 18.5 Å². The Morgan fingerprint density at radius 1 is 1.53 bits per heavy atom. The third-order valence-corrected chi connectivity index (χ3v) is 3.37. The van der Waals surface area contributed by atoms with Gasteiger partial charge in [-0.3, -0.25) is 0 Å². The zero-order valence-electron chi connectivity index (χ0n) is 10.3. The Labute approximate surface area is 107 Å². The molecule has 0 aliphatic carbocycles. The van der Waals surface area contributed by atoms with Crippen LogP contribution in [0.1, 0.15) is 29.3 Å². The number of aromatic carboxylic acids is 1. The molecule has 0 fully saturated rings. The van der Waals surface area contributed by atoms with Crippen LogP contribution in [0.5, 0.6) is 0 Å². The Morgan fingerprint density at radius 3 is 2.88 bits per heavy atom. The van der Waals surface area contributed by atoms with Gasteiger partial charge in [0.2, 0.25) is 0 Å². The predicted octanol–water partition coefficient (Wildman–Crippen LogP) is 2.62. The van der Waals surface area contributed by atoms with Crippen molar-refractivity contribution in [1.29, 1.82) is 0 Å². The molecule has 0 heterocycles. The summed E-state index contributed by atoms with van der Waals surface area (Å²) in [5, 5.41) is 12.3. The van der Waals surface area contributed by atoms with Crippen molar-refractivity contribution in [1.82, 2.24) is 5.32 Å². The van der Waals surface area contributed by atoms with Crippen LogP contribution in [0.3, 0.4) is 0 Å². The maximum absolute atomic E-state index is 10.8. The van der Waals surface area contributed by atoms with E-state index in [-0.39, 0.29) is 0 Å². The first kappa shape index (κ1) is 14.1. The van der Waals surface area contributed by atoms with Gasteiger partial charge >= 0.3 is 5.97 Å². The van der Waals surface area contributed by atoms with Crippen LogP contribution in [0.25, 0.3) is 0 Å². The number of benzene rings is 1. The van der Waals surface area contributed by atoms with Gasteiger partial charge in [-0.1, -0.05) is 19.1 Å². The standard InChI is InChI=1S/C13H19NO2S/c1-3-12(9-17-2)14-8-10-5-4-6-11(7-10)13(15)16/h4-7,12,14H,3,8-9H2,1-2H3,(H,15,16). The van der Waals surface area contributed by atoms with Crippen molar-refractivity contribution >= 4 is 17.7 Å². The monoisotopic (exact) mass is 253 g/mol. The van der Waals surface area contributed by atoms with Crippen molar-refractivity contribution in [3.8, 4) is 0 Å². The fourth-order valence-electron chi connectivity index (χ4n) is 1.60. The van der Waals surface area contributed by atoms with Gasteiger partial charge in [0.15, 0.2) is 0 Å². The molecule has 1 atom stereocenters. The largest absolute Gasteiger partial charge is 0.478 e. The molecule has 1 unspecified atom stereocenters. The third-order valence-electron chi connectivity index (χ3n) is 2.63. The molecule has 0 radical (unpaired) electrons. The van der Waals surface area contributed by atoms with Crippen molar-refractivity contribution < 1.29 is 9.90 Å². The molecule has 0 bridgehead atoms. The van der Waals surface area contributed by atoms with E-state index < -0.39 is 5.97 Å². The smallest absolute Gasteiger partial charge is 0.335 e. The average Bonchev–Trinajstić information content (AvgIpc) is 2.34. The molecule has 4 heteroatoms. The Bertz CT molecular complexity index is 368. The number of carbonyl (C=O) groups is 1.